The van der Waals surface area contributed by atoms with Crippen LogP contribution in [-0.4, -0.2) is 26.6 Å². The molecule has 2 aromatic heterocycles. The quantitative estimate of drug-likeness (QED) is 0.731. The smallest absolute Gasteiger partial charge is 0.229 e. The van der Waals surface area contributed by atoms with Gasteiger partial charge in [0.2, 0.25) is 5.89 Å². The van der Waals surface area contributed by atoms with Gasteiger partial charge in [-0.05, 0) is 44.4 Å². The number of nitrogens with zero attached hydrogens (tertiary/aromatic N) is 4. The van der Waals surface area contributed by atoms with Gasteiger partial charge in [0, 0.05) is 17.8 Å². The van der Waals surface area contributed by atoms with Crippen molar-refractivity contribution in [3.05, 3.63) is 53.8 Å². The van der Waals surface area contributed by atoms with Crippen molar-refractivity contribution in [2.24, 2.45) is 0 Å². The summed E-state index contributed by atoms with van der Waals surface area (Å²) in [5.41, 5.74) is 2.16. The average Bonchev–Trinajstić information content (AvgIpc) is 3.16. The van der Waals surface area contributed by atoms with Crippen LogP contribution in [0.5, 0.6) is 0 Å². The molecule has 1 atom stereocenters. The summed E-state index contributed by atoms with van der Waals surface area (Å²) in [6, 6.07) is 12.8. The Kier molecular flexibility index (Phi) is 3.33. The number of hydrogen-bond acceptors (Lipinski definition) is 5. The molecule has 2 aliphatic rings. The SMILES string of the molecule is c1ccc2nc(CN3CCC[C@H]3c3noc(C4CC4)n3)ccc2c1. The molecular formula is C19H20N4O. The minimum atomic E-state index is 0.259. The van der Waals surface area contributed by atoms with E-state index in [0.717, 1.165) is 42.4 Å². The van der Waals surface area contributed by atoms with E-state index in [-0.39, 0.29) is 6.04 Å². The molecule has 1 aliphatic heterocycles. The third-order valence-corrected chi connectivity index (χ3v) is 5.07. The minimum absolute atomic E-state index is 0.259. The van der Waals surface area contributed by atoms with E-state index in [9.17, 15) is 0 Å². The van der Waals surface area contributed by atoms with Gasteiger partial charge in [0.05, 0.1) is 17.3 Å². The highest BCUT2D eigenvalue weighted by Crippen LogP contribution is 2.40. The fraction of sp³-hybridized carbons (Fsp3) is 0.421. The van der Waals surface area contributed by atoms with E-state index in [1.54, 1.807) is 0 Å². The van der Waals surface area contributed by atoms with Crippen molar-refractivity contribution in [3.8, 4) is 0 Å². The molecule has 24 heavy (non-hydrogen) atoms. The van der Waals surface area contributed by atoms with Crippen LogP contribution in [0.2, 0.25) is 0 Å². The monoisotopic (exact) mass is 320 g/mol. The van der Waals surface area contributed by atoms with Crippen molar-refractivity contribution in [2.75, 3.05) is 6.54 Å². The number of para-hydroxylation sites is 1. The summed E-state index contributed by atoms with van der Waals surface area (Å²) in [5, 5.41) is 5.44. The van der Waals surface area contributed by atoms with Crippen LogP contribution in [0.4, 0.5) is 0 Å². The van der Waals surface area contributed by atoms with E-state index >= 15 is 0 Å². The zero-order valence-electron chi connectivity index (χ0n) is 13.6. The summed E-state index contributed by atoms with van der Waals surface area (Å²) < 4.78 is 5.45. The molecule has 2 fully saturated rings. The Morgan fingerprint density at radius 2 is 1.96 bits per heavy atom. The molecule has 1 saturated heterocycles. The first-order valence-corrected chi connectivity index (χ1v) is 8.79. The maximum Gasteiger partial charge on any atom is 0.229 e. The number of benzene rings is 1. The number of fused-ring (bicyclic) bond motifs is 1. The number of pyridine rings is 1. The molecule has 1 aromatic carbocycles. The van der Waals surface area contributed by atoms with Gasteiger partial charge in [-0.1, -0.05) is 29.4 Å². The van der Waals surface area contributed by atoms with Gasteiger partial charge in [-0.2, -0.15) is 4.98 Å². The molecule has 5 nitrogen and oxygen atoms in total. The highest BCUT2D eigenvalue weighted by molar-refractivity contribution is 5.78. The van der Waals surface area contributed by atoms with Gasteiger partial charge in [0.1, 0.15) is 0 Å². The lowest BCUT2D eigenvalue weighted by molar-refractivity contribution is 0.231. The predicted octanol–water partition coefficient (Wildman–Crippen LogP) is 3.83. The van der Waals surface area contributed by atoms with Crippen molar-refractivity contribution in [1.82, 2.24) is 20.0 Å². The predicted molar refractivity (Wildman–Crippen MR) is 90.4 cm³/mol. The molecule has 1 saturated carbocycles. The standard InChI is InChI=1S/C19H20N4O/c1-2-5-16-13(4-1)9-10-15(20-16)12-23-11-3-6-17(23)18-21-19(24-22-18)14-7-8-14/h1-2,4-5,9-10,14,17H,3,6-8,11-12H2/t17-/m0/s1. The molecule has 0 radical (unpaired) electrons. The first kappa shape index (κ1) is 14.1. The van der Waals surface area contributed by atoms with Gasteiger partial charge < -0.3 is 4.52 Å². The van der Waals surface area contributed by atoms with Gasteiger partial charge in [-0.3, -0.25) is 9.88 Å². The number of aromatic nitrogens is 3. The highest BCUT2D eigenvalue weighted by atomic mass is 16.5. The Morgan fingerprint density at radius 1 is 1.04 bits per heavy atom. The van der Waals surface area contributed by atoms with E-state index < -0.39 is 0 Å². The first-order chi connectivity index (χ1) is 11.9. The third kappa shape index (κ3) is 2.59. The molecular weight excluding hydrogens is 300 g/mol. The molecule has 0 spiro atoms. The highest BCUT2D eigenvalue weighted by Gasteiger charge is 2.34. The molecule has 1 aliphatic carbocycles. The van der Waals surface area contributed by atoms with Crippen molar-refractivity contribution >= 4 is 10.9 Å². The zero-order chi connectivity index (χ0) is 15.9. The van der Waals surface area contributed by atoms with E-state index in [1.807, 2.05) is 12.1 Å². The lowest BCUT2D eigenvalue weighted by atomic mass is 10.2. The Balaban J connectivity index is 1.37. The largest absolute Gasteiger partial charge is 0.339 e. The van der Waals surface area contributed by atoms with Crippen LogP contribution in [0.3, 0.4) is 0 Å². The summed E-state index contributed by atoms with van der Waals surface area (Å²) >= 11 is 0. The normalized spacial score (nSPS) is 21.6. The topological polar surface area (TPSA) is 55.1 Å². The van der Waals surface area contributed by atoms with Crippen LogP contribution >= 0.6 is 0 Å². The average molecular weight is 320 g/mol. The molecule has 5 rings (SSSR count). The maximum atomic E-state index is 5.45. The van der Waals surface area contributed by atoms with Crippen LogP contribution in [-0.2, 0) is 6.54 Å². The van der Waals surface area contributed by atoms with Gasteiger partial charge in [-0.25, -0.2) is 0 Å². The Bertz CT molecular complexity index is 870. The van der Waals surface area contributed by atoms with Crippen molar-refractivity contribution in [3.63, 3.8) is 0 Å². The summed E-state index contributed by atoms with van der Waals surface area (Å²) in [4.78, 5) is 11.9. The van der Waals surface area contributed by atoms with Crippen molar-refractivity contribution in [1.29, 1.82) is 0 Å². The minimum Gasteiger partial charge on any atom is -0.339 e. The second-order valence-corrected chi connectivity index (χ2v) is 6.89. The summed E-state index contributed by atoms with van der Waals surface area (Å²) in [5.74, 6) is 2.21. The third-order valence-electron chi connectivity index (χ3n) is 5.07. The second-order valence-electron chi connectivity index (χ2n) is 6.89. The molecule has 0 amide bonds. The Morgan fingerprint density at radius 3 is 2.88 bits per heavy atom. The summed E-state index contributed by atoms with van der Waals surface area (Å²) in [6.07, 6.45) is 4.65. The maximum absolute atomic E-state index is 5.45. The summed E-state index contributed by atoms with van der Waals surface area (Å²) in [6.45, 7) is 1.90. The van der Waals surface area contributed by atoms with Crippen molar-refractivity contribution in [2.45, 2.75) is 44.2 Å². The molecule has 0 N–H and O–H groups in total. The fourth-order valence-corrected chi connectivity index (χ4v) is 3.59. The van der Waals surface area contributed by atoms with Crippen LogP contribution < -0.4 is 0 Å². The Labute approximate surface area is 140 Å². The van der Waals surface area contributed by atoms with Gasteiger partial charge >= 0.3 is 0 Å². The van der Waals surface area contributed by atoms with Gasteiger partial charge in [-0.15, -0.1) is 0 Å². The Hall–Kier alpha value is -2.27. The molecule has 0 bridgehead atoms. The van der Waals surface area contributed by atoms with Crippen LogP contribution in [0.1, 0.15) is 55.1 Å². The lowest BCUT2D eigenvalue weighted by Gasteiger charge is -2.21. The number of likely N-dealkylation sites (tertiary alicyclic amines) is 1. The molecule has 122 valence electrons. The molecule has 5 heteroatoms. The molecule has 0 unspecified atom stereocenters. The van der Waals surface area contributed by atoms with E-state index in [1.165, 1.54) is 24.6 Å². The van der Waals surface area contributed by atoms with Gasteiger partial charge in [0.15, 0.2) is 5.82 Å². The van der Waals surface area contributed by atoms with Crippen LogP contribution in [0.15, 0.2) is 40.9 Å². The molecule has 3 heterocycles. The first-order valence-electron chi connectivity index (χ1n) is 8.79. The van der Waals surface area contributed by atoms with E-state index in [2.05, 4.69) is 39.3 Å². The summed E-state index contributed by atoms with van der Waals surface area (Å²) in [7, 11) is 0. The van der Waals surface area contributed by atoms with Crippen LogP contribution in [0.25, 0.3) is 10.9 Å². The second kappa shape index (κ2) is 5.67. The lowest BCUT2D eigenvalue weighted by Crippen LogP contribution is -2.24. The van der Waals surface area contributed by atoms with E-state index in [0.29, 0.717) is 5.92 Å². The zero-order valence-corrected chi connectivity index (χ0v) is 13.6. The van der Waals surface area contributed by atoms with Crippen LogP contribution in [0, 0.1) is 0 Å². The molecule has 3 aromatic rings. The number of rotatable bonds is 4. The fourth-order valence-electron chi connectivity index (χ4n) is 3.59. The van der Waals surface area contributed by atoms with Gasteiger partial charge in [0.25, 0.3) is 0 Å². The van der Waals surface area contributed by atoms with E-state index in [4.69, 9.17) is 9.51 Å². The number of hydrogen-bond donors (Lipinski definition) is 0. The van der Waals surface area contributed by atoms with Crippen molar-refractivity contribution < 1.29 is 4.52 Å².